The van der Waals surface area contributed by atoms with E-state index in [1.54, 1.807) is 6.07 Å². The number of anilines is 1. The minimum absolute atomic E-state index is 0.166. The summed E-state index contributed by atoms with van der Waals surface area (Å²) in [4.78, 5) is 10.2. The third kappa shape index (κ3) is 3.76. The number of aromatic nitrogens is 2. The molecule has 1 aromatic carbocycles. The molecule has 144 valence electrons. The van der Waals surface area contributed by atoms with E-state index in [0.29, 0.717) is 36.0 Å². The van der Waals surface area contributed by atoms with Crippen molar-refractivity contribution in [1.29, 1.82) is 0 Å². The van der Waals surface area contributed by atoms with Crippen LogP contribution in [0.1, 0.15) is 24.6 Å². The van der Waals surface area contributed by atoms with Crippen LogP contribution in [-0.4, -0.2) is 48.9 Å². The molecule has 2 aromatic rings. The van der Waals surface area contributed by atoms with Crippen LogP contribution in [0.4, 0.5) is 14.6 Å². The molecule has 1 aliphatic carbocycles. The fourth-order valence-corrected chi connectivity index (χ4v) is 4.74. The van der Waals surface area contributed by atoms with Gasteiger partial charge in [-0.1, -0.05) is 11.6 Å². The highest BCUT2D eigenvalue weighted by molar-refractivity contribution is 7.89. The van der Waals surface area contributed by atoms with Gasteiger partial charge >= 0.3 is 0 Å². The smallest absolute Gasteiger partial charge is 0.246 e. The summed E-state index contributed by atoms with van der Waals surface area (Å²) in [5.41, 5.74) is 0. The lowest BCUT2D eigenvalue weighted by atomic mass is 10.3. The van der Waals surface area contributed by atoms with E-state index >= 15 is 0 Å². The number of rotatable bonds is 4. The zero-order chi connectivity index (χ0) is 19.2. The van der Waals surface area contributed by atoms with Crippen molar-refractivity contribution < 1.29 is 17.2 Å². The molecule has 2 aliphatic rings. The Morgan fingerprint density at radius 3 is 2.37 bits per heavy atom. The molecular formula is C17H17ClF2N4O2S. The molecular weight excluding hydrogens is 398 g/mol. The van der Waals surface area contributed by atoms with E-state index in [1.165, 1.54) is 4.31 Å². The molecule has 0 unspecified atom stereocenters. The van der Waals surface area contributed by atoms with Crippen LogP contribution in [0.3, 0.4) is 0 Å². The number of hydrogen-bond donors (Lipinski definition) is 0. The maximum atomic E-state index is 13.9. The maximum Gasteiger partial charge on any atom is 0.246 e. The SMILES string of the molecule is O=S(=O)(c1ccc(F)cc1F)N1CCN(c2cc(Cl)nc(C3CC3)n2)CC1. The quantitative estimate of drug-likeness (QED) is 0.720. The Morgan fingerprint density at radius 2 is 1.74 bits per heavy atom. The summed E-state index contributed by atoms with van der Waals surface area (Å²) in [5.74, 6) is -0.161. The summed E-state index contributed by atoms with van der Waals surface area (Å²) in [6, 6.07) is 4.13. The molecule has 2 fully saturated rings. The van der Waals surface area contributed by atoms with Crippen molar-refractivity contribution in [2.45, 2.75) is 23.7 Å². The highest BCUT2D eigenvalue weighted by atomic mass is 35.5. The number of piperazine rings is 1. The van der Waals surface area contributed by atoms with E-state index in [2.05, 4.69) is 9.97 Å². The standard InChI is InChI=1S/C17H17ClF2N4O2S/c18-15-10-16(22-17(21-15)11-1-2-11)23-5-7-24(8-6-23)27(25,26)14-4-3-12(19)9-13(14)20/h3-4,9-11H,1-2,5-8H2. The molecule has 27 heavy (non-hydrogen) atoms. The fourth-order valence-electron chi connectivity index (χ4n) is 3.09. The second kappa shape index (κ2) is 6.96. The summed E-state index contributed by atoms with van der Waals surface area (Å²) in [7, 11) is -4.03. The van der Waals surface area contributed by atoms with Gasteiger partial charge in [0.2, 0.25) is 10.0 Å². The Hall–Kier alpha value is -1.84. The minimum atomic E-state index is -4.03. The summed E-state index contributed by atoms with van der Waals surface area (Å²) in [6.07, 6.45) is 2.10. The number of sulfonamides is 1. The number of benzene rings is 1. The van der Waals surface area contributed by atoms with Gasteiger partial charge in [0.1, 0.15) is 33.3 Å². The zero-order valence-corrected chi connectivity index (χ0v) is 15.8. The largest absolute Gasteiger partial charge is 0.354 e. The summed E-state index contributed by atoms with van der Waals surface area (Å²) < 4.78 is 53.5. The average molecular weight is 415 g/mol. The van der Waals surface area contributed by atoms with Crippen LogP contribution in [-0.2, 0) is 10.0 Å². The topological polar surface area (TPSA) is 66.4 Å². The van der Waals surface area contributed by atoms with Crippen LogP contribution >= 0.6 is 11.6 Å². The molecule has 6 nitrogen and oxygen atoms in total. The van der Waals surface area contributed by atoms with Crippen molar-refractivity contribution >= 4 is 27.4 Å². The molecule has 0 amide bonds. The van der Waals surface area contributed by atoms with Gasteiger partial charge in [-0.2, -0.15) is 4.31 Å². The molecule has 1 aromatic heterocycles. The van der Waals surface area contributed by atoms with Crippen molar-refractivity contribution in [2.75, 3.05) is 31.1 Å². The number of hydrogen-bond acceptors (Lipinski definition) is 5. The van der Waals surface area contributed by atoms with E-state index in [1.807, 2.05) is 4.90 Å². The Balaban J connectivity index is 1.50. The van der Waals surface area contributed by atoms with E-state index in [0.717, 1.165) is 30.8 Å². The van der Waals surface area contributed by atoms with Gasteiger partial charge in [-0.05, 0) is 25.0 Å². The van der Waals surface area contributed by atoms with Crippen molar-refractivity contribution in [1.82, 2.24) is 14.3 Å². The summed E-state index contributed by atoms with van der Waals surface area (Å²) >= 11 is 6.10. The Labute approximate surface area is 160 Å². The molecule has 1 aliphatic heterocycles. The second-order valence-electron chi connectivity index (χ2n) is 6.65. The molecule has 0 bridgehead atoms. The van der Waals surface area contributed by atoms with Crippen LogP contribution < -0.4 is 4.90 Å². The molecule has 1 saturated carbocycles. The maximum absolute atomic E-state index is 13.9. The molecule has 0 spiro atoms. The van der Waals surface area contributed by atoms with Gasteiger partial charge in [-0.15, -0.1) is 0 Å². The first kappa shape index (κ1) is 18.5. The normalized spacial score (nSPS) is 18.7. The molecule has 0 atom stereocenters. The Morgan fingerprint density at radius 1 is 1.04 bits per heavy atom. The van der Waals surface area contributed by atoms with Crippen molar-refractivity contribution in [3.63, 3.8) is 0 Å². The van der Waals surface area contributed by atoms with Gasteiger partial charge in [0.25, 0.3) is 0 Å². The van der Waals surface area contributed by atoms with E-state index < -0.39 is 26.6 Å². The predicted octanol–water partition coefficient (Wildman–Crippen LogP) is 2.80. The number of nitrogens with zero attached hydrogens (tertiary/aromatic N) is 4. The molecule has 1 saturated heterocycles. The lowest BCUT2D eigenvalue weighted by Crippen LogP contribution is -2.49. The van der Waals surface area contributed by atoms with Crippen LogP contribution in [0, 0.1) is 11.6 Å². The first-order valence-electron chi connectivity index (χ1n) is 8.59. The Kier molecular flexibility index (Phi) is 4.77. The summed E-state index contributed by atoms with van der Waals surface area (Å²) in [5, 5.41) is 0.366. The third-order valence-electron chi connectivity index (χ3n) is 4.72. The fraction of sp³-hybridized carbons (Fsp3) is 0.412. The predicted molar refractivity (Wildman–Crippen MR) is 96.3 cm³/mol. The zero-order valence-electron chi connectivity index (χ0n) is 14.3. The van der Waals surface area contributed by atoms with E-state index in [4.69, 9.17) is 11.6 Å². The van der Waals surface area contributed by atoms with Crippen LogP contribution in [0.15, 0.2) is 29.2 Å². The van der Waals surface area contributed by atoms with Gasteiger partial charge in [0, 0.05) is 44.2 Å². The average Bonchev–Trinajstić information content (AvgIpc) is 3.46. The van der Waals surface area contributed by atoms with Crippen molar-refractivity contribution in [3.05, 3.63) is 46.9 Å². The van der Waals surface area contributed by atoms with Gasteiger partial charge in [-0.3, -0.25) is 0 Å². The van der Waals surface area contributed by atoms with E-state index in [-0.39, 0.29) is 13.1 Å². The highest BCUT2D eigenvalue weighted by Gasteiger charge is 2.32. The minimum Gasteiger partial charge on any atom is -0.354 e. The Bertz CT molecular complexity index is 977. The molecule has 4 rings (SSSR count). The van der Waals surface area contributed by atoms with Crippen molar-refractivity contribution in [2.24, 2.45) is 0 Å². The van der Waals surface area contributed by atoms with Crippen molar-refractivity contribution in [3.8, 4) is 0 Å². The first-order chi connectivity index (χ1) is 12.8. The highest BCUT2D eigenvalue weighted by Crippen LogP contribution is 2.39. The monoisotopic (exact) mass is 414 g/mol. The van der Waals surface area contributed by atoms with Crippen LogP contribution in [0.5, 0.6) is 0 Å². The van der Waals surface area contributed by atoms with Gasteiger partial charge in [0.15, 0.2) is 0 Å². The van der Waals surface area contributed by atoms with Crippen LogP contribution in [0.2, 0.25) is 5.15 Å². The summed E-state index contributed by atoms with van der Waals surface area (Å²) in [6.45, 7) is 1.11. The van der Waals surface area contributed by atoms with Crippen LogP contribution in [0.25, 0.3) is 0 Å². The van der Waals surface area contributed by atoms with Gasteiger partial charge in [0.05, 0.1) is 0 Å². The number of halogens is 3. The molecule has 10 heteroatoms. The third-order valence-corrected chi connectivity index (χ3v) is 6.84. The lowest BCUT2D eigenvalue weighted by molar-refractivity contribution is 0.381. The molecule has 0 radical (unpaired) electrons. The van der Waals surface area contributed by atoms with E-state index in [9.17, 15) is 17.2 Å². The molecule has 0 N–H and O–H groups in total. The first-order valence-corrected chi connectivity index (χ1v) is 10.4. The molecule has 2 heterocycles. The second-order valence-corrected chi connectivity index (χ2v) is 8.94. The lowest BCUT2D eigenvalue weighted by Gasteiger charge is -2.34. The van der Waals surface area contributed by atoms with Gasteiger partial charge < -0.3 is 4.90 Å². The van der Waals surface area contributed by atoms with Gasteiger partial charge in [-0.25, -0.2) is 27.2 Å².